The predicted octanol–water partition coefficient (Wildman–Crippen LogP) is 2.81. The average Bonchev–Trinajstić information content (AvgIpc) is 2.66. The highest BCUT2D eigenvalue weighted by Gasteiger charge is 2.08. The molecule has 2 rings (SSSR count). The summed E-state index contributed by atoms with van der Waals surface area (Å²) in [5.41, 5.74) is 1.85. The van der Waals surface area contributed by atoms with Crippen LogP contribution < -0.4 is 20.1 Å². The Labute approximate surface area is 145 Å². The number of hydrogen-bond acceptors (Lipinski definition) is 5. The van der Waals surface area contributed by atoms with Gasteiger partial charge in [0.1, 0.15) is 0 Å². The first-order valence-electron chi connectivity index (χ1n) is 7.51. The van der Waals surface area contributed by atoms with E-state index in [1.807, 2.05) is 6.07 Å². The van der Waals surface area contributed by atoms with Crippen molar-refractivity contribution in [3.63, 3.8) is 0 Å². The minimum atomic E-state index is -0.426. The number of nitrogens with one attached hydrogen (secondary N) is 2. The number of esters is 1. The van der Waals surface area contributed by atoms with Gasteiger partial charge in [-0.25, -0.2) is 9.59 Å². The number of carbonyl (C=O) groups excluding carboxylic acids is 2. The molecule has 2 aromatic rings. The van der Waals surface area contributed by atoms with Gasteiger partial charge in [-0.15, -0.1) is 0 Å². The van der Waals surface area contributed by atoms with Crippen LogP contribution in [0.2, 0.25) is 0 Å². The third-order valence-corrected chi connectivity index (χ3v) is 3.46. The summed E-state index contributed by atoms with van der Waals surface area (Å²) in [7, 11) is 4.44. The zero-order valence-corrected chi connectivity index (χ0v) is 14.3. The Morgan fingerprint density at radius 1 is 0.920 bits per heavy atom. The standard InChI is InChI=1S/C18H20N2O5/c1-23-15-9-4-12(10-16(15)24-2)11-19-18(22)20-14-7-5-13(6-8-14)17(21)25-3/h4-10H,11H2,1-3H3,(H2,19,20,22). The average molecular weight is 344 g/mol. The number of urea groups is 1. The number of carbonyl (C=O) groups is 2. The maximum atomic E-state index is 12.0. The summed E-state index contributed by atoms with van der Waals surface area (Å²) in [5, 5.41) is 5.44. The fraction of sp³-hybridized carbons (Fsp3) is 0.222. The number of benzene rings is 2. The number of anilines is 1. The molecule has 0 aliphatic carbocycles. The molecule has 0 radical (unpaired) electrons. The lowest BCUT2D eigenvalue weighted by Crippen LogP contribution is -2.28. The summed E-state index contributed by atoms with van der Waals surface area (Å²) in [6.45, 7) is 0.326. The van der Waals surface area contributed by atoms with Gasteiger partial charge in [0.05, 0.1) is 26.9 Å². The Bertz CT molecular complexity index is 744. The van der Waals surface area contributed by atoms with Crippen molar-refractivity contribution in [3.8, 4) is 11.5 Å². The fourth-order valence-electron chi connectivity index (χ4n) is 2.16. The zero-order valence-electron chi connectivity index (χ0n) is 14.3. The van der Waals surface area contributed by atoms with E-state index in [2.05, 4.69) is 15.4 Å². The molecule has 0 aliphatic rings. The molecular weight excluding hydrogens is 324 g/mol. The van der Waals surface area contributed by atoms with Crippen LogP contribution in [-0.4, -0.2) is 33.3 Å². The summed E-state index contributed by atoms with van der Waals surface area (Å²) >= 11 is 0. The van der Waals surface area contributed by atoms with E-state index < -0.39 is 5.97 Å². The van der Waals surface area contributed by atoms with Gasteiger partial charge in [-0.2, -0.15) is 0 Å². The van der Waals surface area contributed by atoms with Gasteiger partial charge in [-0.05, 0) is 42.0 Å². The predicted molar refractivity (Wildman–Crippen MR) is 93.2 cm³/mol. The Kier molecular flexibility index (Phi) is 6.22. The Morgan fingerprint density at radius 2 is 1.60 bits per heavy atom. The molecule has 0 unspecified atom stereocenters. The van der Waals surface area contributed by atoms with Crippen LogP contribution in [0.3, 0.4) is 0 Å². The topological polar surface area (TPSA) is 85.9 Å². The third kappa shape index (κ3) is 4.87. The van der Waals surface area contributed by atoms with E-state index in [0.29, 0.717) is 29.3 Å². The second-order valence-electron chi connectivity index (χ2n) is 5.07. The molecule has 0 spiro atoms. The van der Waals surface area contributed by atoms with Crippen molar-refractivity contribution in [3.05, 3.63) is 53.6 Å². The monoisotopic (exact) mass is 344 g/mol. The SMILES string of the molecule is COC(=O)c1ccc(NC(=O)NCc2ccc(OC)c(OC)c2)cc1. The molecule has 0 aliphatic heterocycles. The van der Waals surface area contributed by atoms with Crippen LogP contribution in [0.15, 0.2) is 42.5 Å². The molecule has 2 N–H and O–H groups in total. The molecule has 0 bridgehead atoms. The van der Waals surface area contributed by atoms with Crippen LogP contribution in [0.5, 0.6) is 11.5 Å². The summed E-state index contributed by atoms with van der Waals surface area (Å²) in [4.78, 5) is 23.3. The normalized spacial score (nSPS) is 9.88. The Hall–Kier alpha value is -3.22. The number of hydrogen-bond donors (Lipinski definition) is 2. The van der Waals surface area contributed by atoms with E-state index in [1.54, 1.807) is 50.6 Å². The van der Waals surface area contributed by atoms with Crippen molar-refractivity contribution in [2.45, 2.75) is 6.54 Å². The molecule has 0 saturated heterocycles. The van der Waals surface area contributed by atoms with Crippen molar-refractivity contribution in [2.24, 2.45) is 0 Å². The fourth-order valence-corrected chi connectivity index (χ4v) is 2.16. The first-order valence-corrected chi connectivity index (χ1v) is 7.51. The number of rotatable bonds is 6. The zero-order chi connectivity index (χ0) is 18.2. The summed E-state index contributed by atoms with van der Waals surface area (Å²) in [6.07, 6.45) is 0. The second kappa shape index (κ2) is 8.58. The van der Waals surface area contributed by atoms with Gasteiger partial charge >= 0.3 is 12.0 Å². The molecular formula is C18H20N2O5. The van der Waals surface area contributed by atoms with Gasteiger partial charge in [-0.1, -0.05) is 6.07 Å². The van der Waals surface area contributed by atoms with E-state index in [0.717, 1.165) is 5.56 Å². The lowest BCUT2D eigenvalue weighted by Gasteiger charge is -2.11. The Morgan fingerprint density at radius 3 is 2.20 bits per heavy atom. The lowest BCUT2D eigenvalue weighted by molar-refractivity contribution is 0.0600. The van der Waals surface area contributed by atoms with E-state index in [-0.39, 0.29) is 6.03 Å². The van der Waals surface area contributed by atoms with Gasteiger partial charge in [-0.3, -0.25) is 0 Å². The Balaban J connectivity index is 1.91. The highest BCUT2D eigenvalue weighted by Crippen LogP contribution is 2.27. The summed E-state index contributed by atoms with van der Waals surface area (Å²) in [5.74, 6) is 0.798. The van der Waals surface area contributed by atoms with Crippen LogP contribution in [0, 0.1) is 0 Å². The molecule has 0 heterocycles. The highest BCUT2D eigenvalue weighted by atomic mass is 16.5. The molecule has 7 heteroatoms. The van der Waals surface area contributed by atoms with Crippen molar-refractivity contribution in [1.29, 1.82) is 0 Å². The number of ether oxygens (including phenoxy) is 3. The summed E-state index contributed by atoms with van der Waals surface area (Å²) in [6, 6.07) is 11.5. The van der Waals surface area contributed by atoms with Crippen molar-refractivity contribution < 1.29 is 23.8 Å². The summed E-state index contributed by atoms with van der Waals surface area (Å²) < 4.78 is 15.0. The van der Waals surface area contributed by atoms with Gasteiger partial charge in [0.15, 0.2) is 11.5 Å². The van der Waals surface area contributed by atoms with E-state index in [1.165, 1.54) is 7.11 Å². The van der Waals surface area contributed by atoms with Crippen LogP contribution in [-0.2, 0) is 11.3 Å². The minimum Gasteiger partial charge on any atom is -0.493 e. The van der Waals surface area contributed by atoms with Crippen LogP contribution in [0.25, 0.3) is 0 Å². The smallest absolute Gasteiger partial charge is 0.337 e. The van der Waals surface area contributed by atoms with Crippen molar-refractivity contribution in [1.82, 2.24) is 5.32 Å². The van der Waals surface area contributed by atoms with Gasteiger partial charge < -0.3 is 24.8 Å². The van der Waals surface area contributed by atoms with Crippen LogP contribution >= 0.6 is 0 Å². The van der Waals surface area contributed by atoms with Crippen LogP contribution in [0.1, 0.15) is 15.9 Å². The molecule has 132 valence electrons. The minimum absolute atomic E-state index is 0.326. The maximum Gasteiger partial charge on any atom is 0.337 e. The molecule has 2 amide bonds. The first-order chi connectivity index (χ1) is 12.1. The van der Waals surface area contributed by atoms with E-state index in [9.17, 15) is 9.59 Å². The quantitative estimate of drug-likeness (QED) is 0.787. The molecule has 7 nitrogen and oxygen atoms in total. The number of methoxy groups -OCH3 is 3. The van der Waals surface area contributed by atoms with Crippen molar-refractivity contribution in [2.75, 3.05) is 26.6 Å². The molecule has 0 fully saturated rings. The van der Waals surface area contributed by atoms with Gasteiger partial charge in [0.2, 0.25) is 0 Å². The first kappa shape index (κ1) is 18.1. The molecule has 0 aromatic heterocycles. The second-order valence-corrected chi connectivity index (χ2v) is 5.07. The molecule has 25 heavy (non-hydrogen) atoms. The van der Waals surface area contributed by atoms with Crippen molar-refractivity contribution >= 4 is 17.7 Å². The largest absolute Gasteiger partial charge is 0.493 e. The maximum absolute atomic E-state index is 12.0. The lowest BCUT2D eigenvalue weighted by atomic mass is 10.2. The molecule has 0 saturated carbocycles. The van der Waals surface area contributed by atoms with E-state index in [4.69, 9.17) is 9.47 Å². The third-order valence-electron chi connectivity index (χ3n) is 3.46. The van der Waals surface area contributed by atoms with E-state index >= 15 is 0 Å². The number of amides is 2. The van der Waals surface area contributed by atoms with Gasteiger partial charge in [0, 0.05) is 12.2 Å². The highest BCUT2D eigenvalue weighted by molar-refractivity contribution is 5.92. The van der Waals surface area contributed by atoms with Gasteiger partial charge in [0.25, 0.3) is 0 Å². The molecule has 2 aromatic carbocycles. The molecule has 0 atom stereocenters. The van der Waals surface area contributed by atoms with Crippen LogP contribution in [0.4, 0.5) is 10.5 Å².